The first-order valence-corrected chi connectivity index (χ1v) is 13.1. The van der Waals surface area contributed by atoms with Gasteiger partial charge < -0.3 is 75.2 Å². The second kappa shape index (κ2) is 14.7. The van der Waals surface area contributed by atoms with Gasteiger partial charge in [0.05, 0.1) is 25.9 Å². The normalized spacial score (nSPS) is 45.2. The van der Waals surface area contributed by atoms with Crippen molar-refractivity contribution in [2.75, 3.05) is 26.9 Å². The second-order valence-corrected chi connectivity index (χ2v) is 10.1. The Morgan fingerprint density at radius 2 is 1.10 bits per heavy atom. The van der Waals surface area contributed by atoms with Crippen molar-refractivity contribution in [3.63, 3.8) is 0 Å². The molecule has 0 saturated carbocycles. The number of likely N-dealkylation sites (N-methyl/N-ethyl adjacent to an activating group) is 1. The highest BCUT2D eigenvalue weighted by Gasteiger charge is 2.54. The largest absolute Gasteiger partial charge is 0.394 e. The highest BCUT2D eigenvalue weighted by Crippen LogP contribution is 2.32. The van der Waals surface area contributed by atoms with Gasteiger partial charge >= 0.3 is 0 Å². The maximum absolute atomic E-state index is 12.0. The van der Waals surface area contributed by atoms with Crippen LogP contribution in [0.1, 0.15) is 13.8 Å². The van der Waals surface area contributed by atoms with Crippen LogP contribution in [0.3, 0.4) is 0 Å². The van der Waals surface area contributed by atoms with Crippen LogP contribution >= 0.6 is 0 Å². The van der Waals surface area contributed by atoms with Gasteiger partial charge in [-0.2, -0.15) is 0 Å². The van der Waals surface area contributed by atoms with Crippen LogP contribution in [0.2, 0.25) is 0 Å². The van der Waals surface area contributed by atoms with E-state index in [0.717, 1.165) is 6.92 Å². The first-order valence-electron chi connectivity index (χ1n) is 13.1. The molecule has 18 heteroatoms. The number of hydrogen-bond donors (Lipinski definition) is 11. The van der Waals surface area contributed by atoms with E-state index in [4.69, 9.17) is 23.7 Å². The van der Waals surface area contributed by atoms with Crippen molar-refractivity contribution in [2.45, 2.75) is 106 Å². The van der Waals surface area contributed by atoms with Gasteiger partial charge in [0, 0.05) is 13.8 Å². The zero-order chi connectivity index (χ0) is 30.6. The molecule has 0 radical (unpaired) electrons. The van der Waals surface area contributed by atoms with Gasteiger partial charge in [0.15, 0.2) is 12.6 Å². The molecule has 0 aromatic rings. The molecule has 15 atom stereocenters. The first-order chi connectivity index (χ1) is 19.4. The summed E-state index contributed by atoms with van der Waals surface area (Å²) in [5.41, 5.74) is 0. The predicted octanol–water partition coefficient (Wildman–Crippen LogP) is -7.06. The summed E-state index contributed by atoms with van der Waals surface area (Å²) in [5.74, 6) is -1.14. The number of nitrogens with one attached hydrogen (secondary N) is 3. The second-order valence-electron chi connectivity index (χ2n) is 10.1. The summed E-state index contributed by atoms with van der Waals surface area (Å²) in [6.45, 7) is 0.180. The lowest BCUT2D eigenvalue weighted by atomic mass is 9.93. The predicted molar refractivity (Wildman–Crippen MR) is 131 cm³/mol. The van der Waals surface area contributed by atoms with E-state index in [-0.39, 0.29) is 0 Å². The van der Waals surface area contributed by atoms with Crippen LogP contribution in [0.25, 0.3) is 0 Å². The van der Waals surface area contributed by atoms with Gasteiger partial charge in [0.1, 0.15) is 73.3 Å². The molecule has 3 heterocycles. The van der Waals surface area contributed by atoms with Crippen LogP contribution in [0.15, 0.2) is 0 Å². The number of ether oxygens (including phenoxy) is 5. The highest BCUT2D eigenvalue weighted by molar-refractivity contribution is 5.73. The van der Waals surface area contributed by atoms with E-state index < -0.39 is 124 Å². The number of aliphatic hydroxyl groups excluding tert-OH is 8. The Morgan fingerprint density at radius 1 is 0.634 bits per heavy atom. The van der Waals surface area contributed by atoms with Crippen molar-refractivity contribution >= 4 is 11.8 Å². The van der Waals surface area contributed by atoms with Crippen molar-refractivity contribution < 1.29 is 74.1 Å². The Labute approximate surface area is 235 Å². The Kier molecular flexibility index (Phi) is 12.2. The minimum atomic E-state index is -1.83. The Bertz CT molecular complexity index is 870. The molecule has 0 aromatic heterocycles. The van der Waals surface area contributed by atoms with E-state index in [1.165, 1.54) is 14.0 Å². The van der Waals surface area contributed by atoms with E-state index in [2.05, 4.69) is 16.0 Å². The first kappa shape index (κ1) is 33.9. The van der Waals surface area contributed by atoms with E-state index in [1.54, 1.807) is 0 Å². The van der Waals surface area contributed by atoms with Gasteiger partial charge in [0.25, 0.3) is 0 Å². The van der Waals surface area contributed by atoms with Crippen LogP contribution in [0.4, 0.5) is 0 Å². The van der Waals surface area contributed by atoms with Crippen molar-refractivity contribution in [3.05, 3.63) is 0 Å². The zero-order valence-corrected chi connectivity index (χ0v) is 22.7. The molecular weight excluding hydrogens is 558 g/mol. The monoisotopic (exact) mass is 599 g/mol. The average Bonchev–Trinajstić information content (AvgIpc) is 2.93. The molecule has 15 unspecified atom stereocenters. The molecule has 11 N–H and O–H groups in total. The molecular formula is C23H41N3O15. The van der Waals surface area contributed by atoms with E-state index >= 15 is 0 Å². The highest BCUT2D eigenvalue weighted by atomic mass is 16.7. The van der Waals surface area contributed by atoms with Crippen molar-refractivity contribution in [1.82, 2.24) is 16.0 Å². The third-order valence-corrected chi connectivity index (χ3v) is 7.21. The Morgan fingerprint density at radius 3 is 1.61 bits per heavy atom. The maximum atomic E-state index is 12.0. The van der Waals surface area contributed by atoms with Crippen LogP contribution in [0, 0.1) is 0 Å². The molecule has 3 aliphatic rings. The third-order valence-electron chi connectivity index (χ3n) is 7.21. The lowest BCUT2D eigenvalue weighted by Gasteiger charge is -2.49. The Balaban J connectivity index is 1.86. The number of aliphatic hydroxyl groups is 8. The number of rotatable bonds is 10. The lowest BCUT2D eigenvalue weighted by molar-refractivity contribution is -0.358. The fraction of sp³-hybridized carbons (Fsp3) is 0.913. The molecule has 0 aliphatic carbocycles. The van der Waals surface area contributed by atoms with Crippen LogP contribution in [-0.2, 0) is 33.3 Å². The molecule has 3 saturated heterocycles. The number of hydrogen-bond acceptors (Lipinski definition) is 16. The van der Waals surface area contributed by atoms with Gasteiger partial charge in [-0.3, -0.25) is 14.9 Å². The van der Waals surface area contributed by atoms with Gasteiger partial charge in [-0.05, 0) is 7.05 Å². The molecule has 0 spiro atoms. The molecule has 18 nitrogen and oxygen atoms in total. The molecule has 3 aliphatic heterocycles. The topological polar surface area (TPSA) is 278 Å². The summed E-state index contributed by atoms with van der Waals surface area (Å²) in [4.78, 5) is 23.8. The summed E-state index contributed by atoms with van der Waals surface area (Å²) < 4.78 is 28.5. The minimum Gasteiger partial charge on any atom is -0.394 e. The van der Waals surface area contributed by atoms with E-state index in [9.17, 15) is 50.4 Å². The molecule has 0 bridgehead atoms. The van der Waals surface area contributed by atoms with Gasteiger partial charge in [-0.25, -0.2) is 0 Å². The average molecular weight is 600 g/mol. The molecule has 238 valence electrons. The fourth-order valence-corrected chi connectivity index (χ4v) is 5.14. The van der Waals surface area contributed by atoms with Crippen LogP contribution < -0.4 is 16.0 Å². The Hall–Kier alpha value is -1.62. The minimum absolute atomic E-state index is 0.493. The summed E-state index contributed by atoms with van der Waals surface area (Å²) in [7, 11) is 1.51. The molecule has 41 heavy (non-hydrogen) atoms. The van der Waals surface area contributed by atoms with Gasteiger partial charge in [-0.15, -0.1) is 0 Å². The summed E-state index contributed by atoms with van der Waals surface area (Å²) in [6.07, 6.45) is -19.5. The zero-order valence-electron chi connectivity index (χ0n) is 22.7. The quantitative estimate of drug-likeness (QED) is 0.111. The van der Waals surface area contributed by atoms with Crippen molar-refractivity contribution in [2.24, 2.45) is 0 Å². The van der Waals surface area contributed by atoms with Crippen LogP contribution in [0.5, 0.6) is 0 Å². The molecule has 2 amide bonds. The molecule has 0 aromatic carbocycles. The number of carbonyl (C=O) groups is 2. The third kappa shape index (κ3) is 7.48. The SMILES string of the molecule is CNC1OC(CO)C(OC2OC(CO)C(OC3OC(CO)C(O)C(O)C3O)C(O)C2NC(C)=O)C(O)C1NC(C)=O. The van der Waals surface area contributed by atoms with E-state index in [1.807, 2.05) is 0 Å². The summed E-state index contributed by atoms with van der Waals surface area (Å²) in [5, 5.41) is 90.0. The maximum Gasteiger partial charge on any atom is 0.217 e. The van der Waals surface area contributed by atoms with Crippen molar-refractivity contribution in [3.8, 4) is 0 Å². The summed E-state index contributed by atoms with van der Waals surface area (Å²) >= 11 is 0. The van der Waals surface area contributed by atoms with Crippen molar-refractivity contribution in [1.29, 1.82) is 0 Å². The van der Waals surface area contributed by atoms with Gasteiger partial charge in [-0.1, -0.05) is 0 Å². The van der Waals surface area contributed by atoms with E-state index in [0.29, 0.717) is 0 Å². The lowest BCUT2D eigenvalue weighted by Crippen LogP contribution is -2.71. The number of carbonyl (C=O) groups excluding carboxylic acids is 2. The summed E-state index contributed by atoms with van der Waals surface area (Å²) in [6, 6.07) is -2.48. The smallest absolute Gasteiger partial charge is 0.217 e. The number of amides is 2. The van der Waals surface area contributed by atoms with Crippen LogP contribution in [-0.4, -0.2) is 171 Å². The molecule has 3 rings (SSSR count). The standard InChI is InChI=1S/C23H41N3O15/c1-7(30)25-12-15(33)19(10(5-28)37-21(12)24-3)40-22-13(26-8(2)31)16(34)20(11(6-29)39-22)41-23-18(36)17(35)14(32)9(4-27)38-23/h9-24,27-29,32-36H,4-6H2,1-3H3,(H,25,30)(H,26,31). The fourth-order valence-electron chi connectivity index (χ4n) is 5.14. The molecule has 3 fully saturated rings. The van der Waals surface area contributed by atoms with Gasteiger partial charge in [0.2, 0.25) is 11.8 Å².